The zero-order valence-electron chi connectivity index (χ0n) is 16.0. The number of hydrogen-bond acceptors (Lipinski definition) is 5. The SMILES string of the molecule is Cc1c(N2CCC(Oc3ccc4c(c3)COC4)CC2)nc(Cl)c(C(=O)O)c1C. The van der Waals surface area contributed by atoms with Gasteiger partial charge in [-0.1, -0.05) is 17.7 Å². The largest absolute Gasteiger partial charge is 0.490 e. The van der Waals surface area contributed by atoms with E-state index in [1.54, 1.807) is 6.92 Å². The number of rotatable bonds is 4. The van der Waals surface area contributed by atoms with Gasteiger partial charge in [0.15, 0.2) is 0 Å². The van der Waals surface area contributed by atoms with Crippen molar-refractivity contribution in [1.82, 2.24) is 4.98 Å². The van der Waals surface area contributed by atoms with Crippen molar-refractivity contribution < 1.29 is 19.4 Å². The molecule has 0 bridgehead atoms. The molecular weight excluding hydrogens is 380 g/mol. The predicted molar refractivity (Wildman–Crippen MR) is 106 cm³/mol. The second kappa shape index (κ2) is 7.60. The van der Waals surface area contributed by atoms with Crippen LogP contribution in [0.1, 0.15) is 45.5 Å². The molecule has 0 amide bonds. The van der Waals surface area contributed by atoms with Crippen LogP contribution in [0.4, 0.5) is 5.82 Å². The molecule has 1 aromatic carbocycles. The molecule has 2 aliphatic rings. The number of anilines is 1. The standard InChI is InChI=1S/C21H23ClN2O4/c1-12-13(2)20(23-19(22)18(12)21(25)26)24-7-5-16(6-8-24)28-17-4-3-14-10-27-11-15(14)9-17/h3-4,9,16H,5-8,10-11H2,1-2H3,(H,25,26). The van der Waals surface area contributed by atoms with Gasteiger partial charge in [-0.3, -0.25) is 0 Å². The van der Waals surface area contributed by atoms with E-state index >= 15 is 0 Å². The van der Waals surface area contributed by atoms with Crippen LogP contribution < -0.4 is 9.64 Å². The monoisotopic (exact) mass is 402 g/mol. The van der Waals surface area contributed by atoms with Gasteiger partial charge in [-0.05, 0) is 48.2 Å². The van der Waals surface area contributed by atoms with Crippen molar-refractivity contribution in [2.45, 2.75) is 46.0 Å². The number of pyridine rings is 1. The zero-order valence-corrected chi connectivity index (χ0v) is 16.8. The number of fused-ring (bicyclic) bond motifs is 1. The molecule has 0 atom stereocenters. The van der Waals surface area contributed by atoms with Crippen LogP contribution in [0.3, 0.4) is 0 Å². The lowest BCUT2D eigenvalue weighted by molar-refractivity contribution is 0.0695. The average Bonchev–Trinajstić information content (AvgIpc) is 3.13. The number of aromatic carboxylic acids is 1. The number of nitrogens with zero attached hydrogens (tertiary/aromatic N) is 2. The van der Waals surface area contributed by atoms with Gasteiger partial charge in [0.05, 0.1) is 13.2 Å². The first kappa shape index (κ1) is 19.0. The summed E-state index contributed by atoms with van der Waals surface area (Å²) in [5, 5.41) is 9.39. The van der Waals surface area contributed by atoms with Gasteiger partial charge in [-0.2, -0.15) is 0 Å². The first-order chi connectivity index (χ1) is 13.4. The van der Waals surface area contributed by atoms with Crippen molar-refractivity contribution in [2.75, 3.05) is 18.0 Å². The molecule has 1 N–H and O–H groups in total. The third-order valence-corrected chi connectivity index (χ3v) is 5.91. The minimum Gasteiger partial charge on any atom is -0.490 e. The van der Waals surface area contributed by atoms with Gasteiger partial charge < -0.3 is 19.5 Å². The second-order valence-electron chi connectivity index (χ2n) is 7.38. The summed E-state index contributed by atoms with van der Waals surface area (Å²) in [6.45, 7) is 6.59. The van der Waals surface area contributed by atoms with E-state index in [4.69, 9.17) is 21.1 Å². The fraction of sp³-hybridized carbons (Fsp3) is 0.429. The number of hydrogen-bond donors (Lipinski definition) is 1. The van der Waals surface area contributed by atoms with Gasteiger partial charge in [-0.25, -0.2) is 9.78 Å². The van der Waals surface area contributed by atoms with Crippen molar-refractivity contribution in [3.05, 3.63) is 51.2 Å². The van der Waals surface area contributed by atoms with E-state index in [9.17, 15) is 9.90 Å². The molecule has 0 unspecified atom stereocenters. The maximum Gasteiger partial charge on any atom is 0.339 e. The van der Waals surface area contributed by atoms with Crippen LogP contribution in [0, 0.1) is 13.8 Å². The van der Waals surface area contributed by atoms with Crippen LogP contribution in [0.15, 0.2) is 18.2 Å². The molecule has 2 aliphatic heterocycles. The number of carboxylic acid groups (broad SMARTS) is 1. The van der Waals surface area contributed by atoms with E-state index in [-0.39, 0.29) is 16.8 Å². The third-order valence-electron chi connectivity index (χ3n) is 5.63. The van der Waals surface area contributed by atoms with Crippen LogP contribution in [-0.4, -0.2) is 35.3 Å². The molecule has 148 valence electrons. The number of benzene rings is 1. The lowest BCUT2D eigenvalue weighted by atomic mass is 10.0. The Balaban J connectivity index is 1.44. The smallest absolute Gasteiger partial charge is 0.339 e. The summed E-state index contributed by atoms with van der Waals surface area (Å²) >= 11 is 6.15. The Bertz CT molecular complexity index is 923. The normalized spacial score (nSPS) is 16.9. The predicted octanol–water partition coefficient (Wildman–Crippen LogP) is 4.13. The highest BCUT2D eigenvalue weighted by Crippen LogP contribution is 2.31. The van der Waals surface area contributed by atoms with Crippen molar-refractivity contribution >= 4 is 23.4 Å². The summed E-state index contributed by atoms with van der Waals surface area (Å²) in [6.07, 6.45) is 1.88. The number of carbonyl (C=O) groups is 1. The van der Waals surface area contributed by atoms with Crippen molar-refractivity contribution in [1.29, 1.82) is 0 Å². The Labute approximate surface area is 169 Å². The lowest BCUT2D eigenvalue weighted by Crippen LogP contribution is -2.39. The van der Waals surface area contributed by atoms with Gasteiger partial charge >= 0.3 is 5.97 Å². The Morgan fingerprint density at radius 1 is 1.21 bits per heavy atom. The van der Waals surface area contributed by atoms with E-state index in [1.807, 2.05) is 13.0 Å². The van der Waals surface area contributed by atoms with Crippen LogP contribution in [-0.2, 0) is 18.0 Å². The quantitative estimate of drug-likeness (QED) is 0.775. The molecule has 1 saturated heterocycles. The Morgan fingerprint density at radius 3 is 2.64 bits per heavy atom. The summed E-state index contributed by atoms with van der Waals surface area (Å²) < 4.78 is 11.6. The summed E-state index contributed by atoms with van der Waals surface area (Å²) in [5.74, 6) is 0.610. The minimum absolute atomic E-state index is 0.0457. The van der Waals surface area contributed by atoms with Gasteiger partial charge in [0.1, 0.15) is 28.4 Å². The Kier molecular flexibility index (Phi) is 5.17. The first-order valence-electron chi connectivity index (χ1n) is 9.45. The number of piperidine rings is 1. The van der Waals surface area contributed by atoms with Gasteiger partial charge in [0.2, 0.25) is 0 Å². The lowest BCUT2D eigenvalue weighted by Gasteiger charge is -2.34. The Morgan fingerprint density at radius 2 is 1.93 bits per heavy atom. The fourth-order valence-electron chi connectivity index (χ4n) is 3.90. The summed E-state index contributed by atoms with van der Waals surface area (Å²) in [5.41, 5.74) is 4.06. The minimum atomic E-state index is -1.04. The molecule has 6 nitrogen and oxygen atoms in total. The molecule has 3 heterocycles. The zero-order chi connectivity index (χ0) is 19.8. The van der Waals surface area contributed by atoms with E-state index in [2.05, 4.69) is 22.0 Å². The molecule has 0 aliphatic carbocycles. The molecule has 1 fully saturated rings. The van der Waals surface area contributed by atoms with Gasteiger partial charge in [0.25, 0.3) is 0 Å². The van der Waals surface area contributed by atoms with Gasteiger partial charge in [0, 0.05) is 25.9 Å². The topological polar surface area (TPSA) is 71.9 Å². The number of aromatic nitrogens is 1. The number of carboxylic acids is 1. The van der Waals surface area contributed by atoms with E-state index in [1.165, 1.54) is 11.1 Å². The number of ether oxygens (including phenoxy) is 2. The van der Waals surface area contributed by atoms with Gasteiger partial charge in [-0.15, -0.1) is 0 Å². The fourth-order valence-corrected chi connectivity index (χ4v) is 4.20. The summed E-state index contributed by atoms with van der Waals surface area (Å²) in [6, 6.07) is 6.17. The van der Waals surface area contributed by atoms with Crippen molar-refractivity contribution in [3.63, 3.8) is 0 Å². The highest BCUT2D eigenvalue weighted by Gasteiger charge is 2.26. The molecule has 28 heavy (non-hydrogen) atoms. The van der Waals surface area contributed by atoms with Crippen LogP contribution in [0.2, 0.25) is 5.15 Å². The molecular formula is C21H23ClN2O4. The van der Waals surface area contributed by atoms with E-state index in [0.29, 0.717) is 18.8 Å². The highest BCUT2D eigenvalue weighted by atomic mass is 35.5. The molecule has 0 radical (unpaired) electrons. The van der Waals surface area contributed by atoms with E-state index in [0.717, 1.165) is 43.1 Å². The van der Waals surface area contributed by atoms with Crippen LogP contribution in [0.25, 0.3) is 0 Å². The highest BCUT2D eigenvalue weighted by molar-refractivity contribution is 6.32. The van der Waals surface area contributed by atoms with Crippen LogP contribution >= 0.6 is 11.6 Å². The second-order valence-corrected chi connectivity index (χ2v) is 7.74. The number of halogens is 1. The molecule has 4 rings (SSSR count). The maximum absolute atomic E-state index is 11.4. The molecule has 1 aromatic heterocycles. The molecule has 0 spiro atoms. The molecule has 2 aromatic rings. The van der Waals surface area contributed by atoms with Crippen LogP contribution in [0.5, 0.6) is 5.75 Å². The summed E-state index contributed by atoms with van der Waals surface area (Å²) in [4.78, 5) is 18.0. The third kappa shape index (κ3) is 3.54. The molecule has 0 saturated carbocycles. The van der Waals surface area contributed by atoms with Crippen molar-refractivity contribution in [2.24, 2.45) is 0 Å². The summed E-state index contributed by atoms with van der Waals surface area (Å²) in [7, 11) is 0. The maximum atomic E-state index is 11.4. The van der Waals surface area contributed by atoms with Crippen molar-refractivity contribution in [3.8, 4) is 5.75 Å². The van der Waals surface area contributed by atoms with E-state index < -0.39 is 5.97 Å². The molecule has 7 heteroatoms. The first-order valence-corrected chi connectivity index (χ1v) is 9.83. The average molecular weight is 403 g/mol. The Hall–Kier alpha value is -2.31.